The van der Waals surface area contributed by atoms with Gasteiger partial charge >= 0.3 is 0 Å². The summed E-state index contributed by atoms with van der Waals surface area (Å²) >= 11 is 0. The Kier molecular flexibility index (Phi) is 3.88. The van der Waals surface area contributed by atoms with Crippen molar-refractivity contribution < 1.29 is 14.0 Å². The molecule has 3 rings (SSSR count). The second-order valence-corrected chi connectivity index (χ2v) is 5.42. The van der Waals surface area contributed by atoms with Crippen LogP contribution < -0.4 is 10.2 Å². The Labute approximate surface area is 122 Å². The van der Waals surface area contributed by atoms with Gasteiger partial charge in [-0.25, -0.2) is 4.39 Å². The lowest BCUT2D eigenvalue weighted by molar-refractivity contribution is -0.130. The molecular formula is C15H18FN3O2. The van der Waals surface area contributed by atoms with Gasteiger partial charge in [0.15, 0.2) is 0 Å². The van der Waals surface area contributed by atoms with E-state index >= 15 is 0 Å². The lowest BCUT2D eigenvalue weighted by atomic mass is 10.0. The van der Waals surface area contributed by atoms with Crippen molar-refractivity contribution in [1.82, 2.24) is 10.2 Å². The molecule has 0 spiro atoms. The first-order chi connectivity index (χ1) is 10.2. The van der Waals surface area contributed by atoms with Gasteiger partial charge in [0.1, 0.15) is 5.82 Å². The number of carbonyl (C=O) groups is 2. The number of piperazine rings is 1. The predicted molar refractivity (Wildman–Crippen MR) is 76.4 cm³/mol. The van der Waals surface area contributed by atoms with E-state index in [1.54, 1.807) is 18.2 Å². The minimum Gasteiger partial charge on any atom is -0.354 e. The summed E-state index contributed by atoms with van der Waals surface area (Å²) in [6.45, 7) is 1.98. The average Bonchev–Trinajstić information content (AvgIpc) is 2.48. The van der Waals surface area contributed by atoms with Crippen LogP contribution in [-0.4, -0.2) is 48.9 Å². The number of hydrogen-bond acceptors (Lipinski definition) is 3. The molecule has 2 fully saturated rings. The molecule has 2 saturated heterocycles. The SMILES string of the molecule is O=C1CN(C2CCCN(c3ccccc3F)C2=O)CCN1. The number of carbonyl (C=O) groups excluding carboxylic acids is 2. The molecule has 2 aliphatic rings. The van der Waals surface area contributed by atoms with Crippen molar-refractivity contribution in [3.8, 4) is 0 Å². The third kappa shape index (κ3) is 2.76. The normalized spacial score (nSPS) is 24.0. The molecule has 0 aliphatic carbocycles. The Morgan fingerprint density at radius 3 is 2.76 bits per heavy atom. The second-order valence-electron chi connectivity index (χ2n) is 5.42. The smallest absolute Gasteiger partial charge is 0.244 e. The second kappa shape index (κ2) is 5.81. The Morgan fingerprint density at radius 1 is 1.19 bits per heavy atom. The zero-order chi connectivity index (χ0) is 14.8. The van der Waals surface area contributed by atoms with Crippen LogP contribution in [0.5, 0.6) is 0 Å². The van der Waals surface area contributed by atoms with Crippen LogP contribution in [0.3, 0.4) is 0 Å². The van der Waals surface area contributed by atoms with Crippen LogP contribution in [0.2, 0.25) is 0 Å². The lowest BCUT2D eigenvalue weighted by Crippen LogP contribution is -2.58. The van der Waals surface area contributed by atoms with E-state index in [0.29, 0.717) is 25.3 Å². The molecule has 1 aromatic rings. The fraction of sp³-hybridized carbons (Fsp3) is 0.467. The van der Waals surface area contributed by atoms with E-state index in [1.807, 2.05) is 4.90 Å². The van der Waals surface area contributed by atoms with E-state index in [0.717, 1.165) is 12.8 Å². The third-order valence-corrected chi connectivity index (χ3v) is 4.06. The summed E-state index contributed by atoms with van der Waals surface area (Å²) in [6.07, 6.45) is 1.53. The molecule has 1 unspecified atom stereocenters. The van der Waals surface area contributed by atoms with Crippen molar-refractivity contribution in [3.63, 3.8) is 0 Å². The summed E-state index contributed by atoms with van der Waals surface area (Å²) in [6, 6.07) is 5.99. The monoisotopic (exact) mass is 291 g/mol. The van der Waals surface area contributed by atoms with Gasteiger partial charge in [0.05, 0.1) is 18.3 Å². The third-order valence-electron chi connectivity index (χ3n) is 4.06. The molecule has 2 aliphatic heterocycles. The predicted octanol–water partition coefficient (Wildman–Crippen LogP) is 0.753. The van der Waals surface area contributed by atoms with Crippen LogP contribution in [0.1, 0.15) is 12.8 Å². The number of halogens is 1. The van der Waals surface area contributed by atoms with Gasteiger partial charge in [-0.3, -0.25) is 14.5 Å². The van der Waals surface area contributed by atoms with Crippen molar-refractivity contribution in [2.45, 2.75) is 18.9 Å². The maximum absolute atomic E-state index is 13.9. The number of nitrogens with zero attached hydrogens (tertiary/aromatic N) is 2. The highest BCUT2D eigenvalue weighted by Gasteiger charge is 2.36. The Bertz CT molecular complexity index is 564. The standard InChI is InChI=1S/C15H18FN3O2/c16-11-4-1-2-5-12(11)19-8-3-6-13(15(19)21)18-9-7-17-14(20)10-18/h1-2,4-5,13H,3,6-10H2,(H,17,20). The van der Waals surface area contributed by atoms with Crippen molar-refractivity contribution in [2.24, 2.45) is 0 Å². The minimum atomic E-state index is -0.386. The van der Waals surface area contributed by atoms with Crippen LogP contribution in [0.25, 0.3) is 0 Å². The van der Waals surface area contributed by atoms with Crippen molar-refractivity contribution in [3.05, 3.63) is 30.1 Å². The Hall–Kier alpha value is -1.95. The molecule has 2 amide bonds. The molecule has 0 radical (unpaired) electrons. The van der Waals surface area contributed by atoms with Crippen molar-refractivity contribution in [1.29, 1.82) is 0 Å². The number of hydrogen-bond donors (Lipinski definition) is 1. The molecule has 1 N–H and O–H groups in total. The van der Waals surface area contributed by atoms with E-state index in [2.05, 4.69) is 5.32 Å². The largest absolute Gasteiger partial charge is 0.354 e. The first-order valence-electron chi connectivity index (χ1n) is 7.23. The molecular weight excluding hydrogens is 273 g/mol. The molecule has 5 nitrogen and oxygen atoms in total. The van der Waals surface area contributed by atoms with Gasteiger partial charge in [0, 0.05) is 19.6 Å². The maximum Gasteiger partial charge on any atom is 0.244 e. The molecule has 1 atom stereocenters. The molecule has 0 aromatic heterocycles. The summed E-state index contributed by atoms with van der Waals surface area (Å²) in [5.74, 6) is -0.555. The number of benzene rings is 1. The highest BCUT2D eigenvalue weighted by Crippen LogP contribution is 2.26. The number of anilines is 1. The summed E-state index contributed by atoms with van der Waals surface area (Å²) in [7, 11) is 0. The van der Waals surface area contributed by atoms with Crippen LogP contribution in [0, 0.1) is 5.82 Å². The van der Waals surface area contributed by atoms with Crippen LogP contribution >= 0.6 is 0 Å². The number of rotatable bonds is 2. The average molecular weight is 291 g/mol. The van der Waals surface area contributed by atoms with Gasteiger partial charge < -0.3 is 10.2 Å². The molecule has 0 saturated carbocycles. The summed E-state index contributed by atoms with van der Waals surface area (Å²) in [4.78, 5) is 27.6. The van der Waals surface area contributed by atoms with Crippen LogP contribution in [0.4, 0.5) is 10.1 Å². The van der Waals surface area contributed by atoms with Crippen molar-refractivity contribution >= 4 is 17.5 Å². The number of para-hydroxylation sites is 1. The summed E-state index contributed by atoms with van der Waals surface area (Å²) in [5, 5.41) is 2.75. The maximum atomic E-state index is 13.9. The zero-order valence-corrected chi connectivity index (χ0v) is 11.7. The topological polar surface area (TPSA) is 52.7 Å². The van der Waals surface area contributed by atoms with Crippen LogP contribution in [-0.2, 0) is 9.59 Å². The molecule has 2 heterocycles. The molecule has 21 heavy (non-hydrogen) atoms. The van der Waals surface area contributed by atoms with Crippen molar-refractivity contribution in [2.75, 3.05) is 31.1 Å². The van der Waals surface area contributed by atoms with E-state index in [9.17, 15) is 14.0 Å². The van der Waals surface area contributed by atoms with Gasteiger partial charge in [0.2, 0.25) is 11.8 Å². The van der Waals surface area contributed by atoms with Gasteiger partial charge in [-0.1, -0.05) is 12.1 Å². The number of piperidine rings is 1. The zero-order valence-electron chi connectivity index (χ0n) is 11.7. The number of nitrogens with one attached hydrogen (secondary N) is 1. The summed E-state index contributed by atoms with van der Waals surface area (Å²) < 4.78 is 13.9. The fourth-order valence-electron chi connectivity index (χ4n) is 3.03. The minimum absolute atomic E-state index is 0.0583. The van der Waals surface area contributed by atoms with E-state index < -0.39 is 0 Å². The Morgan fingerprint density at radius 2 is 2.00 bits per heavy atom. The molecule has 112 valence electrons. The molecule has 6 heteroatoms. The van der Waals surface area contributed by atoms with Gasteiger partial charge in [0.25, 0.3) is 0 Å². The van der Waals surface area contributed by atoms with Gasteiger partial charge in [-0.2, -0.15) is 0 Å². The quantitative estimate of drug-likeness (QED) is 0.875. The molecule has 1 aromatic carbocycles. The summed E-state index contributed by atoms with van der Waals surface area (Å²) in [5.41, 5.74) is 0.327. The highest BCUT2D eigenvalue weighted by atomic mass is 19.1. The van der Waals surface area contributed by atoms with E-state index in [-0.39, 0.29) is 30.2 Å². The lowest BCUT2D eigenvalue weighted by Gasteiger charge is -2.39. The number of amides is 2. The highest BCUT2D eigenvalue weighted by molar-refractivity contribution is 5.98. The van der Waals surface area contributed by atoms with Crippen LogP contribution in [0.15, 0.2) is 24.3 Å². The van der Waals surface area contributed by atoms with Gasteiger partial charge in [-0.05, 0) is 25.0 Å². The first kappa shape index (κ1) is 14.0. The van der Waals surface area contributed by atoms with E-state index in [1.165, 1.54) is 11.0 Å². The van der Waals surface area contributed by atoms with Gasteiger partial charge in [-0.15, -0.1) is 0 Å². The Balaban J connectivity index is 1.80. The van der Waals surface area contributed by atoms with E-state index in [4.69, 9.17) is 0 Å². The molecule has 0 bridgehead atoms. The first-order valence-corrected chi connectivity index (χ1v) is 7.23. The fourth-order valence-corrected chi connectivity index (χ4v) is 3.03.